The fourth-order valence-corrected chi connectivity index (χ4v) is 1.09. The van der Waals surface area contributed by atoms with Crippen LogP contribution in [0.5, 0.6) is 0 Å². The Kier molecular flexibility index (Phi) is 3.87. The van der Waals surface area contributed by atoms with Crippen LogP contribution >= 0.6 is 0 Å². The van der Waals surface area contributed by atoms with Crippen molar-refractivity contribution in [2.75, 3.05) is 12.4 Å². The lowest BCUT2D eigenvalue weighted by atomic mass is 10.2. The number of nitrogens with zero attached hydrogens (tertiary/aromatic N) is 2. The van der Waals surface area contributed by atoms with Crippen molar-refractivity contribution in [3.05, 3.63) is 17.5 Å². The zero-order chi connectivity index (χ0) is 12.1. The molecule has 1 aromatic rings. The maximum absolute atomic E-state index is 11.5. The van der Waals surface area contributed by atoms with Crippen molar-refractivity contribution in [3.8, 4) is 0 Å². The second-order valence-corrected chi connectivity index (χ2v) is 3.17. The molecule has 1 rings (SSSR count). The molecule has 3 N–H and O–H groups in total. The highest BCUT2D eigenvalue weighted by Gasteiger charge is 2.22. The number of hydrogen-bond donors (Lipinski definition) is 2. The van der Waals surface area contributed by atoms with Gasteiger partial charge in [0.05, 0.1) is 12.8 Å². The van der Waals surface area contributed by atoms with E-state index in [-0.39, 0.29) is 12.2 Å². The molecule has 7 heteroatoms. The number of nitrogen functional groups attached to an aromatic ring is 1. The Labute approximate surface area is 91.8 Å². The van der Waals surface area contributed by atoms with E-state index in [1.807, 2.05) is 6.92 Å². The number of unbranched alkanes of at least 4 members (excludes halogenated alkanes) is 1. The molecule has 0 aromatic carbocycles. The van der Waals surface area contributed by atoms with Gasteiger partial charge in [0.2, 0.25) is 0 Å². The molecule has 0 unspecified atom stereocenters. The van der Waals surface area contributed by atoms with E-state index in [2.05, 4.69) is 5.10 Å². The van der Waals surface area contributed by atoms with Gasteiger partial charge in [0, 0.05) is 0 Å². The van der Waals surface area contributed by atoms with E-state index in [1.165, 1.54) is 0 Å². The van der Waals surface area contributed by atoms with E-state index in [4.69, 9.17) is 15.7 Å². The Morgan fingerprint density at radius 1 is 1.62 bits per heavy atom. The summed E-state index contributed by atoms with van der Waals surface area (Å²) in [6, 6.07) is 0. The van der Waals surface area contributed by atoms with Crippen LogP contribution < -0.4 is 5.84 Å². The van der Waals surface area contributed by atoms with Gasteiger partial charge >= 0.3 is 11.9 Å². The van der Waals surface area contributed by atoms with Gasteiger partial charge in [0.25, 0.3) is 0 Å². The molecular weight excluding hydrogens is 214 g/mol. The first-order chi connectivity index (χ1) is 7.56. The number of carboxylic acid groups (broad SMARTS) is 1. The van der Waals surface area contributed by atoms with E-state index < -0.39 is 17.6 Å². The van der Waals surface area contributed by atoms with Gasteiger partial charge in [0.15, 0.2) is 5.69 Å². The fraction of sp³-hybridized carbons (Fsp3) is 0.444. The average Bonchev–Trinajstić information content (AvgIpc) is 2.61. The Hall–Kier alpha value is -2.05. The average molecular weight is 227 g/mol. The molecule has 0 aliphatic carbocycles. The molecule has 0 aliphatic heterocycles. The lowest BCUT2D eigenvalue weighted by Gasteiger charge is -2.01. The smallest absolute Gasteiger partial charge is 0.357 e. The molecule has 0 bridgehead atoms. The summed E-state index contributed by atoms with van der Waals surface area (Å²) in [5.74, 6) is 3.21. The van der Waals surface area contributed by atoms with Crippen molar-refractivity contribution < 1.29 is 19.4 Å². The monoisotopic (exact) mass is 227 g/mol. The molecule has 0 aliphatic rings. The third-order valence-corrected chi connectivity index (χ3v) is 1.89. The van der Waals surface area contributed by atoms with Crippen molar-refractivity contribution in [2.24, 2.45) is 0 Å². The third-order valence-electron chi connectivity index (χ3n) is 1.89. The quantitative estimate of drug-likeness (QED) is 0.424. The van der Waals surface area contributed by atoms with Crippen LogP contribution in [0.1, 0.15) is 40.6 Å². The van der Waals surface area contributed by atoms with E-state index in [1.54, 1.807) is 0 Å². The SMILES string of the molecule is CCCCOC(=O)c1cn(N)nc1C(=O)O. The van der Waals surface area contributed by atoms with E-state index in [9.17, 15) is 9.59 Å². The van der Waals surface area contributed by atoms with Crippen molar-refractivity contribution in [1.82, 2.24) is 9.89 Å². The van der Waals surface area contributed by atoms with Crippen LogP contribution in [0.4, 0.5) is 0 Å². The second kappa shape index (κ2) is 5.15. The molecule has 1 aromatic heterocycles. The summed E-state index contributed by atoms with van der Waals surface area (Å²) in [5, 5.41) is 12.2. The Bertz CT molecular complexity index is 399. The number of carboxylic acids is 1. The highest BCUT2D eigenvalue weighted by atomic mass is 16.5. The summed E-state index contributed by atoms with van der Waals surface area (Å²) in [6.07, 6.45) is 2.73. The highest BCUT2D eigenvalue weighted by Crippen LogP contribution is 2.08. The van der Waals surface area contributed by atoms with Gasteiger partial charge in [-0.1, -0.05) is 13.3 Å². The standard InChI is InChI=1S/C9H13N3O4/c1-2-3-4-16-9(15)6-5-12(10)11-7(6)8(13)14/h5H,2-4,10H2,1H3,(H,13,14). The predicted molar refractivity (Wildman–Crippen MR) is 54.5 cm³/mol. The van der Waals surface area contributed by atoms with Crippen LogP contribution in [0.15, 0.2) is 6.20 Å². The first-order valence-corrected chi connectivity index (χ1v) is 4.81. The summed E-state index contributed by atoms with van der Waals surface area (Å²) in [6.45, 7) is 2.21. The first kappa shape index (κ1) is 12.0. The lowest BCUT2D eigenvalue weighted by molar-refractivity contribution is 0.0489. The van der Waals surface area contributed by atoms with Gasteiger partial charge in [-0.15, -0.1) is 5.10 Å². The summed E-state index contributed by atoms with van der Waals surface area (Å²) < 4.78 is 4.86. The Morgan fingerprint density at radius 2 is 2.31 bits per heavy atom. The largest absolute Gasteiger partial charge is 0.476 e. The number of aromatic carboxylic acids is 1. The molecule has 88 valence electrons. The van der Waals surface area contributed by atoms with Gasteiger partial charge in [-0.25, -0.2) is 9.59 Å². The molecule has 16 heavy (non-hydrogen) atoms. The third kappa shape index (κ3) is 2.72. The lowest BCUT2D eigenvalue weighted by Crippen LogP contribution is -2.11. The number of carbonyl (C=O) groups excluding carboxylic acids is 1. The Morgan fingerprint density at radius 3 is 2.88 bits per heavy atom. The molecule has 0 amide bonds. The molecule has 1 heterocycles. The van der Waals surface area contributed by atoms with Gasteiger partial charge in [-0.05, 0) is 6.42 Å². The molecule has 0 atom stereocenters. The summed E-state index contributed by atoms with van der Waals surface area (Å²) in [5.41, 5.74) is -0.532. The molecule has 0 radical (unpaired) electrons. The Balaban J connectivity index is 2.78. The van der Waals surface area contributed by atoms with Crippen LogP contribution in [0.2, 0.25) is 0 Å². The predicted octanol–water partition coefficient (Wildman–Crippen LogP) is 0.252. The first-order valence-electron chi connectivity index (χ1n) is 4.81. The van der Waals surface area contributed by atoms with E-state index >= 15 is 0 Å². The van der Waals surface area contributed by atoms with Crippen molar-refractivity contribution in [3.63, 3.8) is 0 Å². The van der Waals surface area contributed by atoms with Crippen molar-refractivity contribution >= 4 is 11.9 Å². The number of ether oxygens (including phenoxy) is 1. The van der Waals surface area contributed by atoms with Gasteiger partial charge in [-0.2, -0.15) is 4.79 Å². The molecule has 0 spiro atoms. The number of nitrogens with two attached hydrogens (primary N) is 1. The number of carbonyl (C=O) groups is 2. The number of esters is 1. The molecule has 7 nitrogen and oxygen atoms in total. The van der Waals surface area contributed by atoms with Crippen LogP contribution in [-0.2, 0) is 4.74 Å². The van der Waals surface area contributed by atoms with Gasteiger partial charge in [0.1, 0.15) is 5.56 Å². The van der Waals surface area contributed by atoms with Gasteiger partial charge < -0.3 is 15.7 Å². The zero-order valence-corrected chi connectivity index (χ0v) is 8.84. The van der Waals surface area contributed by atoms with Crippen LogP contribution in [0.3, 0.4) is 0 Å². The van der Waals surface area contributed by atoms with Crippen LogP contribution in [0.25, 0.3) is 0 Å². The maximum Gasteiger partial charge on any atom is 0.357 e. The molecular formula is C9H13N3O4. The number of rotatable bonds is 5. The summed E-state index contributed by atoms with van der Waals surface area (Å²) >= 11 is 0. The van der Waals surface area contributed by atoms with Crippen molar-refractivity contribution in [1.29, 1.82) is 0 Å². The minimum absolute atomic E-state index is 0.133. The molecule has 0 saturated heterocycles. The van der Waals surface area contributed by atoms with Crippen LogP contribution in [0, 0.1) is 0 Å². The highest BCUT2D eigenvalue weighted by molar-refractivity contribution is 6.00. The van der Waals surface area contributed by atoms with E-state index in [0.29, 0.717) is 0 Å². The minimum Gasteiger partial charge on any atom is -0.476 e. The topological polar surface area (TPSA) is 107 Å². The minimum atomic E-state index is -1.31. The summed E-state index contributed by atoms with van der Waals surface area (Å²) in [7, 11) is 0. The second-order valence-electron chi connectivity index (χ2n) is 3.17. The normalized spacial score (nSPS) is 10.1. The zero-order valence-electron chi connectivity index (χ0n) is 8.84. The van der Waals surface area contributed by atoms with E-state index in [0.717, 1.165) is 23.8 Å². The molecule has 0 fully saturated rings. The maximum atomic E-state index is 11.5. The number of aromatic nitrogens is 2. The van der Waals surface area contributed by atoms with Gasteiger partial charge in [-0.3, -0.25) is 0 Å². The summed E-state index contributed by atoms with van der Waals surface area (Å²) in [4.78, 5) is 23.0. The number of hydrogen-bond acceptors (Lipinski definition) is 5. The fourth-order valence-electron chi connectivity index (χ4n) is 1.09. The van der Waals surface area contributed by atoms with Crippen LogP contribution in [-0.4, -0.2) is 33.5 Å². The molecule has 0 saturated carbocycles. The van der Waals surface area contributed by atoms with Crippen molar-refractivity contribution in [2.45, 2.75) is 19.8 Å².